The first-order valence-corrected chi connectivity index (χ1v) is 10.8. The maximum Gasteiger partial charge on any atom is 0.276 e. The summed E-state index contributed by atoms with van der Waals surface area (Å²) in [5.74, 6) is 0.0497. The predicted molar refractivity (Wildman–Crippen MR) is 125 cm³/mol. The number of amides is 1. The van der Waals surface area contributed by atoms with E-state index < -0.39 is 0 Å². The predicted octanol–water partition coefficient (Wildman–Crippen LogP) is 6.03. The van der Waals surface area contributed by atoms with Crippen molar-refractivity contribution < 1.29 is 9.53 Å². The number of carbonyl (C=O) groups excluding carboxylic acids is 1. The number of halogens is 4. The van der Waals surface area contributed by atoms with Crippen molar-refractivity contribution >= 4 is 58.0 Å². The second-order valence-corrected chi connectivity index (χ2v) is 8.29. The second-order valence-electron chi connectivity index (χ2n) is 6.70. The molecule has 32 heavy (non-hydrogen) atoms. The number of anilines is 1. The molecule has 0 fully saturated rings. The van der Waals surface area contributed by atoms with E-state index in [1.807, 2.05) is 6.07 Å². The van der Waals surface area contributed by atoms with Gasteiger partial charge in [0.05, 0.1) is 33.5 Å². The number of benzene rings is 2. The Balaban J connectivity index is 1.35. The first kappa shape index (κ1) is 22.5. The summed E-state index contributed by atoms with van der Waals surface area (Å²) in [6, 6.07) is 12.0. The summed E-state index contributed by atoms with van der Waals surface area (Å²) in [6.07, 6.45) is 4.89. The lowest BCUT2D eigenvalue weighted by molar-refractivity contribution is 0.102. The van der Waals surface area contributed by atoms with Crippen LogP contribution in [-0.2, 0) is 13.3 Å². The molecule has 0 atom stereocenters. The van der Waals surface area contributed by atoms with Crippen LogP contribution in [0.2, 0.25) is 20.1 Å². The third kappa shape index (κ3) is 5.37. The van der Waals surface area contributed by atoms with Gasteiger partial charge in [0.2, 0.25) is 0 Å². The maximum absolute atomic E-state index is 12.5. The molecule has 1 amide bonds. The molecule has 0 bridgehead atoms. The Hall–Kier alpha value is -2.71. The van der Waals surface area contributed by atoms with E-state index in [4.69, 9.17) is 51.1 Å². The van der Waals surface area contributed by atoms with Gasteiger partial charge in [-0.25, -0.2) is 4.68 Å². The highest BCUT2D eigenvalue weighted by molar-refractivity contribution is 6.43. The molecule has 0 unspecified atom stereocenters. The van der Waals surface area contributed by atoms with Gasteiger partial charge in [0.1, 0.15) is 10.8 Å². The van der Waals surface area contributed by atoms with Crippen molar-refractivity contribution in [2.75, 3.05) is 5.32 Å². The lowest BCUT2D eigenvalue weighted by Crippen LogP contribution is -2.14. The van der Waals surface area contributed by atoms with Crippen molar-refractivity contribution in [2.24, 2.45) is 0 Å². The highest BCUT2D eigenvalue weighted by Crippen LogP contribution is 2.31. The number of carbonyl (C=O) groups is 1. The molecule has 164 valence electrons. The molecule has 0 spiro atoms. The fraction of sp³-hybridized carbons (Fsp3) is 0.0952. The van der Waals surface area contributed by atoms with Crippen LogP contribution in [0.4, 0.5) is 5.69 Å². The molecular formula is C21H15Cl4N5O2. The van der Waals surface area contributed by atoms with Gasteiger partial charge in [-0.05, 0) is 35.9 Å². The van der Waals surface area contributed by atoms with E-state index in [9.17, 15) is 4.79 Å². The molecule has 0 radical (unpaired) electrons. The third-order valence-electron chi connectivity index (χ3n) is 4.36. The van der Waals surface area contributed by atoms with Gasteiger partial charge >= 0.3 is 0 Å². The number of rotatable bonds is 7. The first-order valence-electron chi connectivity index (χ1n) is 9.27. The van der Waals surface area contributed by atoms with Gasteiger partial charge in [0.25, 0.3) is 5.91 Å². The fourth-order valence-corrected chi connectivity index (χ4v) is 3.49. The molecule has 1 N–H and O–H groups in total. The summed E-state index contributed by atoms with van der Waals surface area (Å²) < 4.78 is 8.76. The zero-order chi connectivity index (χ0) is 22.7. The van der Waals surface area contributed by atoms with Crippen LogP contribution in [0, 0.1) is 0 Å². The highest BCUT2D eigenvalue weighted by Gasteiger charge is 2.12. The standard InChI is InChI=1S/C21H15Cl4N5O2/c22-15-5-4-13(8-17(15)24)10-30-11-14(9-26-30)27-21(31)18-6-7-29(28-18)12-32-19-3-1-2-16(23)20(19)25/h1-9,11H,10,12H2,(H,27,31). The van der Waals surface area contributed by atoms with E-state index in [1.165, 1.54) is 4.68 Å². The summed E-state index contributed by atoms with van der Waals surface area (Å²) in [7, 11) is 0. The molecule has 2 heterocycles. The lowest BCUT2D eigenvalue weighted by Gasteiger charge is -2.08. The van der Waals surface area contributed by atoms with E-state index in [-0.39, 0.29) is 18.3 Å². The fourth-order valence-electron chi connectivity index (χ4n) is 2.82. The Bertz CT molecular complexity index is 1270. The van der Waals surface area contributed by atoms with E-state index in [0.717, 1.165) is 5.56 Å². The normalized spacial score (nSPS) is 10.9. The Kier molecular flexibility index (Phi) is 6.91. The summed E-state index contributed by atoms with van der Waals surface area (Å²) in [5, 5.41) is 12.9. The van der Waals surface area contributed by atoms with Crippen LogP contribution in [-0.4, -0.2) is 25.5 Å². The van der Waals surface area contributed by atoms with Gasteiger partial charge in [-0.3, -0.25) is 9.48 Å². The molecule has 2 aromatic carbocycles. The van der Waals surface area contributed by atoms with E-state index in [1.54, 1.807) is 59.7 Å². The first-order chi connectivity index (χ1) is 15.4. The highest BCUT2D eigenvalue weighted by atomic mass is 35.5. The zero-order valence-electron chi connectivity index (χ0n) is 16.3. The number of ether oxygens (including phenoxy) is 1. The van der Waals surface area contributed by atoms with Crippen LogP contribution in [0.25, 0.3) is 0 Å². The molecule has 0 saturated heterocycles. The number of nitrogens with zero attached hydrogens (tertiary/aromatic N) is 4. The number of hydrogen-bond donors (Lipinski definition) is 1. The van der Waals surface area contributed by atoms with Crippen molar-refractivity contribution in [3.05, 3.63) is 92.4 Å². The van der Waals surface area contributed by atoms with Crippen LogP contribution in [0.5, 0.6) is 5.75 Å². The summed E-state index contributed by atoms with van der Waals surface area (Å²) in [4.78, 5) is 12.5. The molecule has 4 rings (SSSR count). The van der Waals surface area contributed by atoms with Crippen LogP contribution < -0.4 is 10.1 Å². The Morgan fingerprint density at radius 1 is 1.00 bits per heavy atom. The Labute approximate surface area is 203 Å². The second kappa shape index (κ2) is 9.83. The largest absolute Gasteiger partial charge is 0.470 e. The Morgan fingerprint density at radius 3 is 2.66 bits per heavy atom. The lowest BCUT2D eigenvalue weighted by atomic mass is 10.2. The van der Waals surface area contributed by atoms with Crippen molar-refractivity contribution in [3.63, 3.8) is 0 Å². The molecule has 11 heteroatoms. The number of hydrogen-bond acceptors (Lipinski definition) is 4. The monoisotopic (exact) mass is 509 g/mol. The molecule has 4 aromatic rings. The molecule has 0 aliphatic heterocycles. The van der Waals surface area contributed by atoms with Crippen LogP contribution in [0.3, 0.4) is 0 Å². The molecule has 7 nitrogen and oxygen atoms in total. The number of aromatic nitrogens is 4. The molecular weight excluding hydrogens is 496 g/mol. The van der Waals surface area contributed by atoms with Gasteiger partial charge in [-0.2, -0.15) is 10.2 Å². The zero-order valence-corrected chi connectivity index (χ0v) is 19.3. The molecule has 2 aromatic heterocycles. The average molecular weight is 511 g/mol. The minimum absolute atomic E-state index is 0.0644. The van der Waals surface area contributed by atoms with Gasteiger partial charge < -0.3 is 10.1 Å². The quantitative estimate of drug-likeness (QED) is 0.329. The minimum atomic E-state index is -0.376. The molecule has 0 aliphatic carbocycles. The topological polar surface area (TPSA) is 74.0 Å². The van der Waals surface area contributed by atoms with Gasteiger partial charge in [0, 0.05) is 12.4 Å². The van der Waals surface area contributed by atoms with Crippen LogP contribution >= 0.6 is 46.4 Å². The van der Waals surface area contributed by atoms with E-state index in [0.29, 0.717) is 38.1 Å². The van der Waals surface area contributed by atoms with E-state index >= 15 is 0 Å². The van der Waals surface area contributed by atoms with E-state index in [2.05, 4.69) is 15.5 Å². The maximum atomic E-state index is 12.5. The summed E-state index contributed by atoms with van der Waals surface area (Å²) in [5.41, 5.74) is 1.69. The third-order valence-corrected chi connectivity index (χ3v) is 5.90. The minimum Gasteiger partial charge on any atom is -0.470 e. The van der Waals surface area contributed by atoms with Crippen LogP contribution in [0.15, 0.2) is 61.1 Å². The summed E-state index contributed by atoms with van der Waals surface area (Å²) in [6.45, 7) is 0.541. The van der Waals surface area contributed by atoms with Crippen molar-refractivity contribution in [2.45, 2.75) is 13.3 Å². The Morgan fingerprint density at radius 2 is 1.84 bits per heavy atom. The van der Waals surface area contributed by atoms with Gasteiger partial charge in [-0.15, -0.1) is 0 Å². The number of nitrogens with one attached hydrogen (secondary N) is 1. The van der Waals surface area contributed by atoms with Crippen LogP contribution in [0.1, 0.15) is 16.1 Å². The van der Waals surface area contributed by atoms with Gasteiger partial charge in [0.15, 0.2) is 12.4 Å². The summed E-state index contributed by atoms with van der Waals surface area (Å²) >= 11 is 24.1. The molecule has 0 aliphatic rings. The average Bonchev–Trinajstić information content (AvgIpc) is 3.41. The molecule has 0 saturated carbocycles. The smallest absolute Gasteiger partial charge is 0.276 e. The van der Waals surface area contributed by atoms with Crippen molar-refractivity contribution in [1.82, 2.24) is 19.6 Å². The van der Waals surface area contributed by atoms with Crippen molar-refractivity contribution in [3.8, 4) is 5.75 Å². The van der Waals surface area contributed by atoms with Gasteiger partial charge in [-0.1, -0.05) is 58.5 Å². The van der Waals surface area contributed by atoms with Crippen molar-refractivity contribution in [1.29, 1.82) is 0 Å². The SMILES string of the molecule is O=C(Nc1cnn(Cc2ccc(Cl)c(Cl)c2)c1)c1ccn(COc2cccc(Cl)c2Cl)n1.